The molecule has 7 heteroatoms. The number of nitrogens with zero attached hydrogens (tertiary/aromatic N) is 2. The third-order valence-electron chi connectivity index (χ3n) is 5.51. The van der Waals surface area contributed by atoms with Gasteiger partial charge in [-0.1, -0.05) is 25.1 Å². The van der Waals surface area contributed by atoms with E-state index in [1.54, 1.807) is 0 Å². The maximum absolute atomic E-state index is 12.5. The van der Waals surface area contributed by atoms with E-state index in [9.17, 15) is 9.59 Å². The Morgan fingerprint density at radius 1 is 1.10 bits per heavy atom. The number of carbonyl (C=O) groups excluding carboxylic acids is 2. The zero-order chi connectivity index (χ0) is 21.5. The van der Waals surface area contributed by atoms with Gasteiger partial charge in [-0.3, -0.25) is 19.8 Å². The van der Waals surface area contributed by atoms with Crippen molar-refractivity contribution in [2.45, 2.75) is 33.2 Å². The number of rotatable bonds is 8. The summed E-state index contributed by atoms with van der Waals surface area (Å²) in [5.74, 6) is 1.76. The molecule has 162 valence electrons. The lowest BCUT2D eigenvalue weighted by Crippen LogP contribution is -2.52. The molecule has 0 bridgehead atoms. The van der Waals surface area contributed by atoms with Gasteiger partial charge in [0, 0.05) is 31.9 Å². The first-order chi connectivity index (χ1) is 14.5. The van der Waals surface area contributed by atoms with Gasteiger partial charge in [-0.25, -0.2) is 0 Å². The van der Waals surface area contributed by atoms with E-state index in [1.165, 1.54) is 0 Å². The minimum atomic E-state index is -0.0152. The predicted molar refractivity (Wildman–Crippen MR) is 117 cm³/mol. The number of carbonyl (C=O) groups is 2. The van der Waals surface area contributed by atoms with Crippen molar-refractivity contribution in [3.05, 3.63) is 53.5 Å². The van der Waals surface area contributed by atoms with Gasteiger partial charge in [0.25, 0.3) is 0 Å². The lowest BCUT2D eigenvalue weighted by atomic mass is 10.1. The van der Waals surface area contributed by atoms with Crippen LogP contribution in [0.1, 0.15) is 37.0 Å². The first-order valence-electron chi connectivity index (χ1n) is 10.6. The summed E-state index contributed by atoms with van der Waals surface area (Å²) in [5, 5.41) is 6.24. The van der Waals surface area contributed by atoms with E-state index < -0.39 is 0 Å². The van der Waals surface area contributed by atoms with Crippen LogP contribution in [0.2, 0.25) is 0 Å². The van der Waals surface area contributed by atoms with E-state index in [2.05, 4.69) is 22.5 Å². The third-order valence-corrected chi connectivity index (χ3v) is 5.51. The quantitative estimate of drug-likeness (QED) is 0.697. The van der Waals surface area contributed by atoms with E-state index in [1.807, 2.05) is 55.1 Å². The number of para-hydroxylation sites is 1. The van der Waals surface area contributed by atoms with Crippen LogP contribution in [0.5, 0.6) is 0 Å². The molecular formula is C23H32N4O3. The second-order valence-corrected chi connectivity index (χ2v) is 7.77. The van der Waals surface area contributed by atoms with Crippen molar-refractivity contribution < 1.29 is 14.0 Å². The number of piperazine rings is 1. The van der Waals surface area contributed by atoms with Crippen molar-refractivity contribution in [1.82, 2.24) is 15.1 Å². The van der Waals surface area contributed by atoms with Gasteiger partial charge in [0.15, 0.2) is 0 Å². The predicted octanol–water partition coefficient (Wildman–Crippen LogP) is 2.58. The lowest BCUT2D eigenvalue weighted by Gasteiger charge is -2.34. The van der Waals surface area contributed by atoms with Crippen molar-refractivity contribution in [2.24, 2.45) is 0 Å². The minimum Gasteiger partial charge on any atom is -0.465 e. The highest BCUT2D eigenvalue weighted by molar-refractivity contribution is 5.93. The van der Waals surface area contributed by atoms with Gasteiger partial charge in [0.1, 0.15) is 11.5 Å². The summed E-state index contributed by atoms with van der Waals surface area (Å²) >= 11 is 0. The second kappa shape index (κ2) is 10.4. The normalized spacial score (nSPS) is 15.8. The molecular weight excluding hydrogens is 380 g/mol. The monoisotopic (exact) mass is 412 g/mol. The Kier molecular flexibility index (Phi) is 7.65. The van der Waals surface area contributed by atoms with Crippen molar-refractivity contribution in [2.75, 3.05) is 44.6 Å². The molecule has 7 nitrogen and oxygen atoms in total. The molecule has 30 heavy (non-hydrogen) atoms. The lowest BCUT2D eigenvalue weighted by molar-refractivity contribution is -0.132. The molecule has 0 spiro atoms. The Morgan fingerprint density at radius 2 is 1.83 bits per heavy atom. The number of anilines is 1. The number of nitrogens with one attached hydrogen (secondary N) is 2. The number of furan rings is 1. The highest BCUT2D eigenvalue weighted by Gasteiger charge is 2.23. The largest absolute Gasteiger partial charge is 0.465 e. The molecule has 0 radical (unpaired) electrons. The number of hydrogen-bond acceptors (Lipinski definition) is 5. The molecule has 1 unspecified atom stereocenters. The van der Waals surface area contributed by atoms with E-state index in [-0.39, 0.29) is 24.4 Å². The fourth-order valence-corrected chi connectivity index (χ4v) is 3.64. The van der Waals surface area contributed by atoms with Gasteiger partial charge in [-0.05, 0) is 44.0 Å². The van der Waals surface area contributed by atoms with Crippen LogP contribution in [0.25, 0.3) is 0 Å². The maximum atomic E-state index is 12.5. The Hall–Kier alpha value is -2.64. The Balaban J connectivity index is 1.39. The van der Waals surface area contributed by atoms with Crippen molar-refractivity contribution in [3.63, 3.8) is 0 Å². The summed E-state index contributed by atoms with van der Waals surface area (Å²) in [6.45, 7) is 9.24. The molecule has 1 saturated heterocycles. The van der Waals surface area contributed by atoms with Gasteiger partial charge in [0.05, 0.1) is 19.1 Å². The maximum Gasteiger partial charge on any atom is 0.238 e. The van der Waals surface area contributed by atoms with Crippen LogP contribution < -0.4 is 10.6 Å². The smallest absolute Gasteiger partial charge is 0.238 e. The molecule has 1 aromatic heterocycles. The standard InChI is InChI=1S/C23H32N4O3/c1-4-19-7-5-6-8-20(19)25-22(28)16-26-11-13-27(14-12-26)23(29)15-24-18(3)21-10-9-17(2)30-21/h5-10,18,24H,4,11-16H2,1-3H3,(H,25,28). The van der Waals surface area contributed by atoms with Crippen molar-refractivity contribution in [1.29, 1.82) is 0 Å². The molecule has 0 saturated carbocycles. The van der Waals surface area contributed by atoms with Crippen LogP contribution in [0.4, 0.5) is 5.69 Å². The average molecular weight is 413 g/mol. The van der Waals surface area contributed by atoms with E-state index in [0.717, 1.165) is 29.2 Å². The third kappa shape index (κ3) is 5.93. The zero-order valence-corrected chi connectivity index (χ0v) is 18.1. The van der Waals surface area contributed by atoms with Crippen molar-refractivity contribution >= 4 is 17.5 Å². The molecule has 1 aliphatic heterocycles. The highest BCUT2D eigenvalue weighted by atomic mass is 16.3. The van der Waals surface area contributed by atoms with Gasteiger partial charge < -0.3 is 14.6 Å². The van der Waals surface area contributed by atoms with Crippen LogP contribution in [0.15, 0.2) is 40.8 Å². The van der Waals surface area contributed by atoms with Crippen LogP contribution in [-0.4, -0.2) is 60.9 Å². The minimum absolute atomic E-state index is 0.0140. The van der Waals surface area contributed by atoms with E-state index in [0.29, 0.717) is 32.7 Å². The van der Waals surface area contributed by atoms with Crippen LogP contribution in [0.3, 0.4) is 0 Å². The first kappa shape index (κ1) is 22.1. The topological polar surface area (TPSA) is 77.8 Å². The van der Waals surface area contributed by atoms with Crippen molar-refractivity contribution in [3.8, 4) is 0 Å². The molecule has 2 aromatic rings. The zero-order valence-electron chi connectivity index (χ0n) is 18.1. The van der Waals surface area contributed by atoms with Crippen LogP contribution in [0, 0.1) is 6.92 Å². The van der Waals surface area contributed by atoms with E-state index >= 15 is 0 Å². The fourth-order valence-electron chi connectivity index (χ4n) is 3.64. The van der Waals surface area contributed by atoms with Gasteiger partial charge in [-0.15, -0.1) is 0 Å². The summed E-state index contributed by atoms with van der Waals surface area (Å²) in [7, 11) is 0. The number of hydrogen-bond donors (Lipinski definition) is 2. The summed E-state index contributed by atoms with van der Waals surface area (Å²) in [5.41, 5.74) is 2.01. The molecule has 1 aromatic carbocycles. The van der Waals surface area contributed by atoms with Gasteiger partial charge >= 0.3 is 0 Å². The molecule has 1 atom stereocenters. The fraction of sp³-hybridized carbons (Fsp3) is 0.478. The summed E-state index contributed by atoms with van der Waals surface area (Å²) in [6, 6.07) is 11.7. The molecule has 2 heterocycles. The Morgan fingerprint density at radius 3 is 2.50 bits per heavy atom. The average Bonchev–Trinajstić information content (AvgIpc) is 3.19. The summed E-state index contributed by atoms with van der Waals surface area (Å²) in [6.07, 6.45) is 0.878. The molecule has 2 N–H and O–H groups in total. The Labute approximate surface area is 178 Å². The number of aryl methyl sites for hydroxylation is 2. The summed E-state index contributed by atoms with van der Waals surface area (Å²) < 4.78 is 5.60. The first-order valence-corrected chi connectivity index (χ1v) is 10.6. The van der Waals surface area contributed by atoms with Gasteiger partial charge in [-0.2, -0.15) is 0 Å². The van der Waals surface area contributed by atoms with Crippen LogP contribution in [-0.2, 0) is 16.0 Å². The molecule has 1 fully saturated rings. The molecule has 0 aliphatic carbocycles. The SMILES string of the molecule is CCc1ccccc1NC(=O)CN1CCN(C(=O)CNC(C)c2ccc(C)o2)CC1. The molecule has 1 aliphatic rings. The summed E-state index contributed by atoms with van der Waals surface area (Å²) in [4.78, 5) is 28.9. The number of benzene rings is 1. The Bertz CT molecular complexity index is 856. The van der Waals surface area contributed by atoms with E-state index in [4.69, 9.17) is 4.42 Å². The second-order valence-electron chi connectivity index (χ2n) is 7.77. The molecule has 2 amide bonds. The highest BCUT2D eigenvalue weighted by Crippen LogP contribution is 2.16. The van der Waals surface area contributed by atoms with Gasteiger partial charge in [0.2, 0.25) is 11.8 Å². The molecule has 3 rings (SSSR count). The van der Waals surface area contributed by atoms with Crippen LogP contribution >= 0.6 is 0 Å². The number of amides is 2.